The van der Waals surface area contributed by atoms with E-state index < -0.39 is 17.6 Å². The Morgan fingerprint density at radius 3 is 2.67 bits per heavy atom. The van der Waals surface area contributed by atoms with Crippen molar-refractivity contribution in [2.24, 2.45) is 0 Å². The molecule has 0 saturated heterocycles. The van der Waals surface area contributed by atoms with Crippen LogP contribution in [0.1, 0.15) is 5.69 Å². The zero-order valence-electron chi connectivity index (χ0n) is 6.83. The van der Waals surface area contributed by atoms with Crippen LogP contribution in [-0.4, -0.2) is 15.1 Å². The van der Waals surface area contributed by atoms with E-state index in [2.05, 4.69) is 19.6 Å². The van der Waals surface area contributed by atoms with Crippen LogP contribution in [0, 0.1) is 0 Å². The fraction of sp³-hybridized carbons (Fsp3) is 0.167. The fourth-order valence-electron chi connectivity index (χ4n) is 0.835. The van der Waals surface area contributed by atoms with Gasteiger partial charge in [-0.25, -0.2) is 9.78 Å². The molecule has 0 spiro atoms. The Morgan fingerprint density at radius 1 is 1.47 bits per heavy atom. The zero-order valence-corrected chi connectivity index (χ0v) is 7.65. The second-order valence-electron chi connectivity index (χ2n) is 2.48. The molecule has 0 radical (unpaired) electrons. The van der Waals surface area contributed by atoms with Gasteiger partial charge in [-0.05, 0) is 0 Å². The first-order valence-corrected chi connectivity index (χ1v) is 4.44. The van der Waals surface area contributed by atoms with E-state index in [1.165, 1.54) is 0 Å². The van der Waals surface area contributed by atoms with E-state index in [4.69, 9.17) is 0 Å². The lowest BCUT2D eigenvalue weighted by molar-refractivity contribution is -0.140. The van der Waals surface area contributed by atoms with Crippen LogP contribution in [0.2, 0.25) is 0 Å². The van der Waals surface area contributed by atoms with Crippen LogP contribution >= 0.6 is 11.3 Å². The number of nitrogens with zero attached hydrogens (tertiary/aromatic N) is 2. The summed E-state index contributed by atoms with van der Waals surface area (Å²) < 4.78 is 40.6. The third-order valence-corrected chi connectivity index (χ3v) is 2.29. The Kier molecular flexibility index (Phi) is 2.11. The van der Waals surface area contributed by atoms with Crippen molar-refractivity contribution >= 4 is 11.3 Å². The second kappa shape index (κ2) is 3.19. The van der Waals surface area contributed by atoms with Crippen molar-refractivity contribution in [2.75, 3.05) is 0 Å². The number of hydrogen-bond acceptors (Lipinski definition) is 5. The number of alkyl halides is 3. The molecular formula is C6H2F3N3O2S. The van der Waals surface area contributed by atoms with E-state index in [1.54, 1.807) is 0 Å². The van der Waals surface area contributed by atoms with Gasteiger partial charge in [-0.3, -0.25) is 9.51 Å². The van der Waals surface area contributed by atoms with Crippen molar-refractivity contribution in [1.29, 1.82) is 0 Å². The molecule has 0 amide bonds. The molecule has 2 rings (SSSR count). The van der Waals surface area contributed by atoms with Gasteiger partial charge in [0.2, 0.25) is 5.82 Å². The van der Waals surface area contributed by atoms with Crippen molar-refractivity contribution in [3.8, 4) is 10.8 Å². The minimum Gasteiger partial charge on any atom is -0.295 e. The first-order valence-electron chi connectivity index (χ1n) is 3.56. The maximum absolute atomic E-state index is 12.2. The molecule has 0 aliphatic carbocycles. The third kappa shape index (κ3) is 1.91. The van der Waals surface area contributed by atoms with Gasteiger partial charge in [0.1, 0.15) is 0 Å². The van der Waals surface area contributed by atoms with Crippen LogP contribution in [-0.2, 0) is 6.18 Å². The number of nitrogens with one attached hydrogen (secondary N) is 1. The molecule has 2 aromatic rings. The van der Waals surface area contributed by atoms with Gasteiger partial charge < -0.3 is 0 Å². The molecule has 0 saturated carbocycles. The predicted molar refractivity (Wildman–Crippen MR) is 43.2 cm³/mol. The second-order valence-corrected chi connectivity index (χ2v) is 3.34. The third-order valence-electron chi connectivity index (χ3n) is 1.44. The molecule has 80 valence electrons. The van der Waals surface area contributed by atoms with Crippen LogP contribution in [0.5, 0.6) is 0 Å². The molecule has 0 unspecified atom stereocenters. The van der Waals surface area contributed by atoms with Crippen molar-refractivity contribution < 1.29 is 17.7 Å². The lowest BCUT2D eigenvalue weighted by Crippen LogP contribution is -2.05. The van der Waals surface area contributed by atoms with Gasteiger partial charge in [0.15, 0.2) is 10.7 Å². The van der Waals surface area contributed by atoms with Crippen molar-refractivity contribution in [2.45, 2.75) is 6.18 Å². The molecule has 1 N–H and O–H groups in total. The molecule has 0 aromatic carbocycles. The Morgan fingerprint density at radius 2 is 2.20 bits per heavy atom. The normalized spacial score (nSPS) is 11.9. The highest BCUT2D eigenvalue weighted by atomic mass is 32.1. The Bertz CT molecular complexity index is 526. The maximum Gasteiger partial charge on any atom is 0.439 e. The molecule has 0 fully saturated rings. The van der Waals surface area contributed by atoms with Crippen LogP contribution in [0.3, 0.4) is 0 Å². The fourth-order valence-corrected chi connectivity index (χ4v) is 1.60. The number of halogens is 3. The van der Waals surface area contributed by atoms with Crippen LogP contribution in [0.15, 0.2) is 14.7 Å². The number of aromatic amines is 1. The number of aromatic nitrogens is 3. The highest BCUT2D eigenvalue weighted by Crippen LogP contribution is 2.32. The first kappa shape index (κ1) is 9.90. The summed E-state index contributed by atoms with van der Waals surface area (Å²) in [5.41, 5.74) is -1.02. The van der Waals surface area contributed by atoms with Crippen LogP contribution in [0.25, 0.3) is 10.8 Å². The molecular weight excluding hydrogens is 235 g/mol. The summed E-state index contributed by atoms with van der Waals surface area (Å²) in [4.78, 5) is 15.9. The Balaban J connectivity index is 2.40. The van der Waals surface area contributed by atoms with Gasteiger partial charge in [0, 0.05) is 5.38 Å². The van der Waals surface area contributed by atoms with Crippen molar-refractivity contribution in [3.63, 3.8) is 0 Å². The topological polar surface area (TPSA) is 71.8 Å². The highest BCUT2D eigenvalue weighted by molar-refractivity contribution is 7.13. The summed E-state index contributed by atoms with van der Waals surface area (Å²) in [6, 6.07) is 0. The lowest BCUT2D eigenvalue weighted by atomic mass is 10.5. The predicted octanol–water partition coefficient (Wildman–Crippen LogP) is 1.51. The minimum atomic E-state index is -4.50. The number of rotatable bonds is 1. The minimum absolute atomic E-state index is 0.0480. The van der Waals surface area contributed by atoms with Gasteiger partial charge in [-0.2, -0.15) is 13.2 Å². The molecule has 5 nitrogen and oxygen atoms in total. The maximum atomic E-state index is 12.2. The van der Waals surface area contributed by atoms with Gasteiger partial charge in [0.25, 0.3) is 0 Å². The quantitative estimate of drug-likeness (QED) is 0.815. The largest absolute Gasteiger partial charge is 0.439 e. The van der Waals surface area contributed by atoms with Crippen molar-refractivity contribution in [3.05, 3.63) is 21.6 Å². The molecule has 2 aromatic heterocycles. The standard InChI is InChI=1S/C6H2F3N3O2S/c7-6(8,9)2-1-15-4(10-2)3-11-5(13)14-12-3/h1H,(H,11,12,13). The van der Waals surface area contributed by atoms with Crippen LogP contribution in [0.4, 0.5) is 13.2 Å². The summed E-state index contributed by atoms with van der Waals surface area (Å²) in [7, 11) is 0. The van der Waals surface area contributed by atoms with E-state index in [1.807, 2.05) is 0 Å². The van der Waals surface area contributed by atoms with E-state index >= 15 is 0 Å². The van der Waals surface area contributed by atoms with Crippen molar-refractivity contribution in [1.82, 2.24) is 15.1 Å². The molecule has 9 heteroatoms. The average molecular weight is 237 g/mol. The smallest absolute Gasteiger partial charge is 0.295 e. The molecule has 2 heterocycles. The molecule has 0 bridgehead atoms. The van der Waals surface area contributed by atoms with Gasteiger partial charge in [0.05, 0.1) is 0 Å². The Hall–Kier alpha value is -1.64. The lowest BCUT2D eigenvalue weighted by Gasteiger charge is -1.99. The van der Waals surface area contributed by atoms with Crippen LogP contribution < -0.4 is 5.76 Å². The SMILES string of the molecule is O=c1[nH]c(-c2nc(C(F)(F)F)cs2)no1. The molecule has 15 heavy (non-hydrogen) atoms. The van der Waals surface area contributed by atoms with Gasteiger partial charge in [-0.15, -0.1) is 11.3 Å². The highest BCUT2D eigenvalue weighted by Gasteiger charge is 2.34. The molecule has 0 atom stereocenters. The van der Waals surface area contributed by atoms with E-state index in [9.17, 15) is 18.0 Å². The first-order chi connectivity index (χ1) is 6.97. The van der Waals surface area contributed by atoms with Gasteiger partial charge in [-0.1, -0.05) is 5.16 Å². The summed E-state index contributed by atoms with van der Waals surface area (Å²) >= 11 is 0.719. The summed E-state index contributed by atoms with van der Waals surface area (Å²) in [6.07, 6.45) is -4.50. The average Bonchev–Trinajstić information content (AvgIpc) is 2.69. The number of thiazole rings is 1. The van der Waals surface area contributed by atoms with Gasteiger partial charge >= 0.3 is 11.9 Å². The van der Waals surface area contributed by atoms with E-state index in [0.29, 0.717) is 0 Å². The molecule has 0 aliphatic heterocycles. The molecule has 0 aliphatic rings. The Labute approximate surface area is 83.6 Å². The summed E-state index contributed by atoms with van der Waals surface area (Å²) in [5.74, 6) is -0.950. The summed E-state index contributed by atoms with van der Waals surface area (Å²) in [6.45, 7) is 0. The number of H-pyrrole nitrogens is 1. The van der Waals surface area contributed by atoms with E-state index in [0.717, 1.165) is 16.7 Å². The monoisotopic (exact) mass is 237 g/mol. The number of hydrogen-bond donors (Lipinski definition) is 1. The zero-order chi connectivity index (χ0) is 11.1. The van der Waals surface area contributed by atoms with E-state index in [-0.39, 0.29) is 10.8 Å². The summed E-state index contributed by atoms with van der Waals surface area (Å²) in [5, 5.41) is 4.01.